The van der Waals surface area contributed by atoms with Crippen LogP contribution in [0.3, 0.4) is 0 Å². The topological polar surface area (TPSA) is 41.4 Å². The monoisotopic (exact) mass is 332 g/mol. The van der Waals surface area contributed by atoms with Gasteiger partial charge in [0, 0.05) is 44.5 Å². The summed E-state index contributed by atoms with van der Waals surface area (Å²) in [5.74, 6) is 1.39. The van der Waals surface area contributed by atoms with Gasteiger partial charge in [-0.1, -0.05) is 0 Å². The van der Waals surface area contributed by atoms with Crippen molar-refractivity contribution < 1.29 is 4.79 Å². The smallest absolute Gasteiger partial charge is 0.222 e. The zero-order valence-electron chi connectivity index (χ0n) is 15.1. The number of hydrogen-bond acceptors (Lipinski definition) is 3. The first-order chi connectivity index (χ1) is 11.7. The van der Waals surface area contributed by atoms with Crippen LogP contribution in [0.4, 0.5) is 0 Å². The van der Waals surface area contributed by atoms with E-state index in [4.69, 9.17) is 0 Å². The van der Waals surface area contributed by atoms with Crippen molar-refractivity contribution in [3.05, 3.63) is 18.2 Å². The van der Waals surface area contributed by atoms with E-state index >= 15 is 0 Å². The standard InChI is InChI=1S/C19H32N4O/c1-17-20-10-16-22(17)13-6-8-19(24)23-14-3-2-7-18(23)9-15-21-11-4-5-12-21/h10,16,18H,2-9,11-15H2,1H3. The number of aromatic nitrogens is 2. The van der Waals surface area contributed by atoms with Crippen LogP contribution in [0.5, 0.6) is 0 Å². The maximum atomic E-state index is 12.7. The fraction of sp³-hybridized carbons (Fsp3) is 0.789. The summed E-state index contributed by atoms with van der Waals surface area (Å²) in [7, 11) is 0. The van der Waals surface area contributed by atoms with Crippen LogP contribution in [0, 0.1) is 6.92 Å². The fourth-order valence-corrected chi connectivity index (χ4v) is 4.15. The van der Waals surface area contributed by atoms with E-state index in [1.165, 1.54) is 51.7 Å². The number of amides is 1. The van der Waals surface area contributed by atoms with Gasteiger partial charge in [-0.25, -0.2) is 4.98 Å². The van der Waals surface area contributed by atoms with Crippen molar-refractivity contribution in [3.63, 3.8) is 0 Å². The molecule has 0 bridgehead atoms. The summed E-state index contributed by atoms with van der Waals surface area (Å²) >= 11 is 0. The van der Waals surface area contributed by atoms with Gasteiger partial charge in [0.15, 0.2) is 0 Å². The minimum absolute atomic E-state index is 0.360. The normalized spacial score (nSPS) is 22.2. The highest BCUT2D eigenvalue weighted by atomic mass is 16.2. The number of piperidine rings is 1. The van der Waals surface area contributed by atoms with Crippen molar-refractivity contribution in [2.45, 2.75) is 70.9 Å². The van der Waals surface area contributed by atoms with Gasteiger partial charge in [0.1, 0.15) is 5.82 Å². The molecule has 0 N–H and O–H groups in total. The minimum Gasteiger partial charge on any atom is -0.340 e. The lowest BCUT2D eigenvalue weighted by Gasteiger charge is -2.37. The van der Waals surface area contributed by atoms with Crippen molar-refractivity contribution >= 4 is 5.91 Å². The predicted molar refractivity (Wildman–Crippen MR) is 95.8 cm³/mol. The van der Waals surface area contributed by atoms with E-state index < -0.39 is 0 Å². The van der Waals surface area contributed by atoms with Crippen molar-refractivity contribution in [2.75, 3.05) is 26.2 Å². The van der Waals surface area contributed by atoms with E-state index in [0.29, 0.717) is 18.4 Å². The Kier molecular flexibility index (Phi) is 6.30. The quantitative estimate of drug-likeness (QED) is 0.771. The summed E-state index contributed by atoms with van der Waals surface area (Å²) in [6, 6.07) is 0.474. The molecule has 0 saturated carbocycles. The molecule has 2 aliphatic heterocycles. The Labute approximate surface area is 146 Å². The molecule has 0 radical (unpaired) electrons. The van der Waals surface area contributed by atoms with Crippen LogP contribution in [-0.4, -0.2) is 57.5 Å². The average molecular weight is 332 g/mol. The van der Waals surface area contributed by atoms with Gasteiger partial charge >= 0.3 is 0 Å². The SMILES string of the molecule is Cc1nccn1CCCC(=O)N1CCCCC1CCN1CCCC1. The predicted octanol–water partition coefficient (Wildman–Crippen LogP) is 2.84. The molecule has 0 aliphatic carbocycles. The lowest BCUT2D eigenvalue weighted by Crippen LogP contribution is -2.45. The number of carbonyl (C=O) groups is 1. The van der Waals surface area contributed by atoms with Crippen LogP contribution in [0.2, 0.25) is 0 Å². The maximum Gasteiger partial charge on any atom is 0.222 e. The largest absolute Gasteiger partial charge is 0.340 e. The van der Waals surface area contributed by atoms with E-state index in [-0.39, 0.29) is 0 Å². The second kappa shape index (κ2) is 8.65. The second-order valence-electron chi connectivity index (χ2n) is 7.35. The van der Waals surface area contributed by atoms with E-state index in [9.17, 15) is 4.79 Å². The van der Waals surface area contributed by atoms with Gasteiger partial charge in [0.25, 0.3) is 0 Å². The lowest BCUT2D eigenvalue weighted by molar-refractivity contribution is -0.135. The summed E-state index contributed by atoms with van der Waals surface area (Å²) in [4.78, 5) is 21.7. The number of likely N-dealkylation sites (tertiary alicyclic amines) is 2. The molecule has 5 nitrogen and oxygen atoms in total. The van der Waals surface area contributed by atoms with Gasteiger partial charge in [0.05, 0.1) is 0 Å². The summed E-state index contributed by atoms with van der Waals surface area (Å²) < 4.78 is 2.13. The molecular formula is C19H32N4O. The molecule has 3 heterocycles. The van der Waals surface area contributed by atoms with Crippen LogP contribution in [0.25, 0.3) is 0 Å². The summed E-state index contributed by atoms with van der Waals surface area (Å²) in [6.07, 6.45) is 12.9. The molecule has 1 aromatic heterocycles. The molecule has 0 spiro atoms. The first-order valence-corrected chi connectivity index (χ1v) is 9.73. The third-order valence-electron chi connectivity index (χ3n) is 5.64. The summed E-state index contributed by atoms with van der Waals surface area (Å²) in [5, 5.41) is 0. The van der Waals surface area contributed by atoms with Crippen molar-refractivity contribution in [1.82, 2.24) is 19.4 Å². The van der Waals surface area contributed by atoms with Gasteiger partial charge in [0.2, 0.25) is 5.91 Å². The Hall–Kier alpha value is -1.36. The Bertz CT molecular complexity index is 521. The number of aryl methyl sites for hydroxylation is 2. The molecule has 134 valence electrons. The Morgan fingerprint density at radius 3 is 2.71 bits per heavy atom. The van der Waals surface area contributed by atoms with Crippen LogP contribution < -0.4 is 0 Å². The lowest BCUT2D eigenvalue weighted by atomic mass is 9.98. The van der Waals surface area contributed by atoms with Crippen LogP contribution in [0.15, 0.2) is 12.4 Å². The fourth-order valence-electron chi connectivity index (χ4n) is 4.15. The Morgan fingerprint density at radius 2 is 1.96 bits per heavy atom. The molecule has 0 aromatic carbocycles. The molecule has 1 amide bonds. The van der Waals surface area contributed by atoms with Gasteiger partial charge < -0.3 is 14.4 Å². The van der Waals surface area contributed by atoms with Gasteiger partial charge in [-0.05, 0) is 65.0 Å². The third-order valence-corrected chi connectivity index (χ3v) is 5.64. The Balaban J connectivity index is 1.44. The third kappa shape index (κ3) is 4.59. The molecule has 3 rings (SSSR count). The van der Waals surface area contributed by atoms with Crippen LogP contribution >= 0.6 is 0 Å². The van der Waals surface area contributed by atoms with Crippen molar-refractivity contribution in [2.24, 2.45) is 0 Å². The van der Waals surface area contributed by atoms with Crippen molar-refractivity contribution in [3.8, 4) is 0 Å². The molecule has 2 aliphatic rings. The maximum absolute atomic E-state index is 12.7. The van der Waals surface area contributed by atoms with Crippen LogP contribution in [-0.2, 0) is 11.3 Å². The summed E-state index contributed by atoms with van der Waals surface area (Å²) in [6.45, 7) is 7.55. The highest BCUT2D eigenvalue weighted by Gasteiger charge is 2.26. The number of carbonyl (C=O) groups excluding carboxylic acids is 1. The molecule has 2 fully saturated rings. The van der Waals surface area contributed by atoms with Gasteiger partial charge in [-0.3, -0.25) is 4.79 Å². The first-order valence-electron chi connectivity index (χ1n) is 9.73. The molecule has 1 atom stereocenters. The molecule has 24 heavy (non-hydrogen) atoms. The Morgan fingerprint density at radius 1 is 1.17 bits per heavy atom. The van der Waals surface area contributed by atoms with Crippen molar-refractivity contribution in [1.29, 1.82) is 0 Å². The number of imidazole rings is 1. The van der Waals surface area contributed by atoms with Gasteiger partial charge in [-0.2, -0.15) is 0 Å². The number of nitrogens with zero attached hydrogens (tertiary/aromatic N) is 4. The molecule has 1 aromatic rings. The summed E-state index contributed by atoms with van der Waals surface area (Å²) in [5.41, 5.74) is 0. The van der Waals surface area contributed by atoms with E-state index in [2.05, 4.69) is 19.4 Å². The van der Waals surface area contributed by atoms with E-state index in [1.807, 2.05) is 19.3 Å². The van der Waals surface area contributed by atoms with E-state index in [0.717, 1.165) is 31.8 Å². The van der Waals surface area contributed by atoms with E-state index in [1.54, 1.807) is 0 Å². The average Bonchev–Trinajstić information content (AvgIpc) is 3.25. The molecule has 2 saturated heterocycles. The van der Waals surface area contributed by atoms with Crippen LogP contribution in [0.1, 0.15) is 57.2 Å². The second-order valence-corrected chi connectivity index (χ2v) is 7.35. The molecular weight excluding hydrogens is 300 g/mol. The minimum atomic E-state index is 0.360. The van der Waals surface area contributed by atoms with Gasteiger partial charge in [-0.15, -0.1) is 0 Å². The number of hydrogen-bond donors (Lipinski definition) is 0. The zero-order chi connectivity index (χ0) is 16.8. The highest BCUT2D eigenvalue weighted by Crippen LogP contribution is 2.22. The first kappa shape index (κ1) is 17.5. The number of rotatable bonds is 7. The molecule has 5 heteroatoms. The molecule has 1 unspecified atom stereocenters. The zero-order valence-corrected chi connectivity index (χ0v) is 15.1. The highest BCUT2D eigenvalue weighted by molar-refractivity contribution is 5.76.